The van der Waals surface area contributed by atoms with Gasteiger partial charge in [0.2, 0.25) is 0 Å². The van der Waals surface area contributed by atoms with Gasteiger partial charge in [0.25, 0.3) is 0 Å². The lowest BCUT2D eigenvalue weighted by Crippen LogP contribution is -2.00. The Balaban J connectivity index is 2.32. The van der Waals surface area contributed by atoms with Gasteiger partial charge in [0.1, 0.15) is 5.91 Å². The van der Waals surface area contributed by atoms with Gasteiger partial charge in [-0.1, -0.05) is 0 Å². The van der Waals surface area contributed by atoms with E-state index in [1.54, 1.807) is 0 Å². The summed E-state index contributed by atoms with van der Waals surface area (Å²) in [4.78, 5) is 0. The van der Waals surface area contributed by atoms with Crippen LogP contribution in [0.2, 0.25) is 0 Å². The van der Waals surface area contributed by atoms with Crippen molar-refractivity contribution >= 4 is 10.2 Å². The fourth-order valence-electron chi connectivity index (χ4n) is 0. The molecule has 0 saturated heterocycles. The summed E-state index contributed by atoms with van der Waals surface area (Å²) in [5.41, 5.74) is 0. The van der Waals surface area contributed by atoms with E-state index >= 15 is 0 Å². The minimum absolute atomic E-state index is 0.460. The Morgan fingerprint density at radius 1 is 1.50 bits per heavy atom. The van der Waals surface area contributed by atoms with E-state index in [4.69, 9.17) is 10.2 Å². The van der Waals surface area contributed by atoms with E-state index < -0.39 is 5.91 Å². The summed E-state index contributed by atoms with van der Waals surface area (Å²) in [5.74, 6) is -1.03. The predicted octanol–water partition coefficient (Wildman–Crippen LogP) is -2.38. The van der Waals surface area contributed by atoms with Crippen LogP contribution in [0.25, 0.3) is 0 Å². The van der Waals surface area contributed by atoms with Crippen molar-refractivity contribution in [2.24, 2.45) is 0 Å². The van der Waals surface area contributed by atoms with Crippen molar-refractivity contribution in [2.75, 3.05) is 0 Å². The molecule has 0 radical (unpaired) electrons. The van der Waals surface area contributed by atoms with Crippen LogP contribution in [0.4, 0.5) is 0 Å². The topological polar surface area (TPSA) is 40.5 Å². The second-order valence-electron chi connectivity index (χ2n) is 0.632. The highest BCUT2D eigenvalue weighted by atomic mass is 28.1. The first kappa shape index (κ1) is 4.14. The van der Waals surface area contributed by atoms with Gasteiger partial charge in [0, 0.05) is 0 Å². The molecule has 0 bridgehead atoms. The maximum atomic E-state index is 7.67. The first-order chi connectivity index (χ1) is 1.73. The number of hydrogen-bond acceptors (Lipinski definition) is 2. The molecular formula is CH6O2Si. The maximum absolute atomic E-state index is 7.67. The van der Waals surface area contributed by atoms with Gasteiger partial charge in [-0.05, 0) is 0 Å². The zero-order valence-electron chi connectivity index (χ0n) is 2.47. The molecule has 4 heavy (non-hydrogen) atoms. The fraction of sp³-hybridized carbons (Fsp3) is 1.00. The summed E-state index contributed by atoms with van der Waals surface area (Å²) in [6.45, 7) is 0. The van der Waals surface area contributed by atoms with Crippen molar-refractivity contribution in [1.29, 1.82) is 0 Å². The largest absolute Gasteiger partial charge is 0.373 e. The van der Waals surface area contributed by atoms with E-state index in [0.717, 1.165) is 0 Å². The monoisotopic (exact) mass is 78.0 g/mol. The molecule has 0 saturated carbocycles. The highest BCUT2D eigenvalue weighted by Crippen LogP contribution is 1.47. The molecule has 3 heteroatoms. The zero-order valence-corrected chi connectivity index (χ0v) is 4.47. The molecule has 0 atom stereocenters. The molecule has 0 unspecified atom stereocenters. The lowest BCUT2D eigenvalue weighted by molar-refractivity contribution is 0.0326. The Kier molecular flexibility index (Phi) is 1.51. The third-order valence-corrected chi connectivity index (χ3v) is 0. The second-order valence-corrected chi connectivity index (χ2v) is 1.66. The smallest absolute Gasteiger partial charge is 0.125 e. The van der Waals surface area contributed by atoms with Crippen molar-refractivity contribution in [1.82, 2.24) is 0 Å². The SMILES string of the molecule is OC(O)[SiH3]. The molecule has 0 aromatic heterocycles. The molecule has 0 aromatic carbocycles. The van der Waals surface area contributed by atoms with Crippen LogP contribution >= 0.6 is 0 Å². The van der Waals surface area contributed by atoms with Crippen LogP contribution in [0.1, 0.15) is 0 Å². The van der Waals surface area contributed by atoms with Crippen molar-refractivity contribution in [3.05, 3.63) is 0 Å². The van der Waals surface area contributed by atoms with Gasteiger partial charge in [-0.15, -0.1) is 0 Å². The number of rotatable bonds is 0. The summed E-state index contributed by atoms with van der Waals surface area (Å²) in [7, 11) is 0.460. The standard InChI is InChI=1S/CH6O2Si/c2-1(3)4/h1-3H,4H3. The Hall–Kier alpha value is 0.137. The van der Waals surface area contributed by atoms with Gasteiger partial charge < -0.3 is 10.2 Å². The van der Waals surface area contributed by atoms with Crippen LogP contribution in [0, 0.1) is 0 Å². The summed E-state index contributed by atoms with van der Waals surface area (Å²) in [6.07, 6.45) is 0. The normalized spacial score (nSPS) is 9.75. The molecule has 0 amide bonds. The molecule has 2 N–H and O–H groups in total. The van der Waals surface area contributed by atoms with Gasteiger partial charge >= 0.3 is 0 Å². The molecule has 0 aliphatic rings. The van der Waals surface area contributed by atoms with Crippen LogP contribution in [0.15, 0.2) is 0 Å². The van der Waals surface area contributed by atoms with Gasteiger partial charge in [0.15, 0.2) is 0 Å². The highest BCUT2D eigenvalue weighted by molar-refractivity contribution is 6.09. The van der Waals surface area contributed by atoms with Crippen molar-refractivity contribution < 1.29 is 10.2 Å². The van der Waals surface area contributed by atoms with Crippen LogP contribution < -0.4 is 0 Å². The first-order valence-corrected chi connectivity index (χ1v) is 2.25. The Bertz CT molecular complexity index is 10.8. The average molecular weight is 78.1 g/mol. The third-order valence-electron chi connectivity index (χ3n) is 0. The summed E-state index contributed by atoms with van der Waals surface area (Å²) in [6, 6.07) is 0. The van der Waals surface area contributed by atoms with Crippen molar-refractivity contribution in [3.63, 3.8) is 0 Å². The molecule has 0 aliphatic carbocycles. The Labute approximate surface area is 27.5 Å². The van der Waals surface area contributed by atoms with Gasteiger partial charge in [-0.25, -0.2) is 0 Å². The van der Waals surface area contributed by atoms with Crippen molar-refractivity contribution in [2.45, 2.75) is 5.91 Å². The molecule has 2 nitrogen and oxygen atoms in total. The Morgan fingerprint density at radius 2 is 1.50 bits per heavy atom. The molecule has 0 heterocycles. The van der Waals surface area contributed by atoms with E-state index in [2.05, 4.69) is 0 Å². The molecule has 0 fully saturated rings. The summed E-state index contributed by atoms with van der Waals surface area (Å²) in [5, 5.41) is 15.3. The van der Waals surface area contributed by atoms with Crippen LogP contribution in [0.5, 0.6) is 0 Å². The number of aliphatic hydroxyl groups is 2. The molecule has 26 valence electrons. The molecule has 0 spiro atoms. The quantitative estimate of drug-likeness (QED) is 0.251. The zero-order chi connectivity index (χ0) is 3.58. The lowest BCUT2D eigenvalue weighted by Gasteiger charge is -1.80. The summed E-state index contributed by atoms with van der Waals surface area (Å²) >= 11 is 0. The minimum Gasteiger partial charge on any atom is -0.373 e. The highest BCUT2D eigenvalue weighted by Gasteiger charge is 1.70. The van der Waals surface area contributed by atoms with Crippen LogP contribution in [-0.2, 0) is 0 Å². The minimum atomic E-state index is -1.03. The maximum Gasteiger partial charge on any atom is 0.125 e. The van der Waals surface area contributed by atoms with Crippen LogP contribution in [-0.4, -0.2) is 26.4 Å². The van der Waals surface area contributed by atoms with E-state index in [0.29, 0.717) is 10.2 Å². The average Bonchev–Trinajstić information content (AvgIpc) is 0.811. The fourth-order valence-corrected chi connectivity index (χ4v) is 0. The summed E-state index contributed by atoms with van der Waals surface area (Å²) < 4.78 is 0. The van der Waals surface area contributed by atoms with Gasteiger partial charge in [0.05, 0.1) is 10.2 Å². The Morgan fingerprint density at radius 3 is 1.50 bits per heavy atom. The molecular weight excluding hydrogens is 72.1 g/mol. The predicted molar refractivity (Wildman–Crippen MR) is 18.2 cm³/mol. The third kappa shape index (κ3) is 147. The number of aliphatic hydroxyl groups excluding tert-OH is 1. The van der Waals surface area contributed by atoms with E-state index in [-0.39, 0.29) is 0 Å². The van der Waals surface area contributed by atoms with E-state index in [1.807, 2.05) is 0 Å². The van der Waals surface area contributed by atoms with Gasteiger partial charge in [-0.2, -0.15) is 0 Å². The number of hydrogen-bond donors (Lipinski definition) is 2. The van der Waals surface area contributed by atoms with E-state index in [1.165, 1.54) is 0 Å². The van der Waals surface area contributed by atoms with E-state index in [9.17, 15) is 0 Å². The lowest BCUT2D eigenvalue weighted by atomic mass is 11.5. The molecule has 0 aliphatic heterocycles. The van der Waals surface area contributed by atoms with Crippen LogP contribution in [0.3, 0.4) is 0 Å². The second kappa shape index (κ2) is 1.46. The first-order valence-electron chi connectivity index (χ1n) is 1.09. The van der Waals surface area contributed by atoms with Crippen molar-refractivity contribution in [3.8, 4) is 0 Å². The molecule has 0 rings (SSSR count). The molecule has 0 aromatic rings. The van der Waals surface area contributed by atoms with Gasteiger partial charge in [-0.3, -0.25) is 0 Å².